The highest BCUT2D eigenvalue weighted by molar-refractivity contribution is 7.84. The lowest BCUT2D eigenvalue weighted by molar-refractivity contribution is 0.597. The van der Waals surface area contributed by atoms with E-state index in [0.29, 0.717) is 6.04 Å². The molecule has 0 aromatic rings. The van der Waals surface area contributed by atoms with E-state index in [9.17, 15) is 4.21 Å². The van der Waals surface area contributed by atoms with Gasteiger partial charge in [0.15, 0.2) is 0 Å². The fourth-order valence-electron chi connectivity index (χ4n) is 0.443. The number of hydrogen-bond donors (Lipinski definition) is 1. The van der Waals surface area contributed by atoms with Crippen LogP contribution in [0.4, 0.5) is 0 Å². The number of rotatable bonds is 3. The molecule has 0 heterocycles. The molecule has 2 atom stereocenters. The van der Waals surface area contributed by atoms with Crippen molar-refractivity contribution in [2.24, 2.45) is 0 Å². The van der Waals surface area contributed by atoms with E-state index in [-0.39, 0.29) is 4.75 Å². The lowest BCUT2D eigenvalue weighted by Gasteiger charge is -2.20. The van der Waals surface area contributed by atoms with Crippen molar-refractivity contribution in [3.8, 4) is 0 Å². The molecule has 0 aliphatic carbocycles. The van der Waals surface area contributed by atoms with Gasteiger partial charge in [-0.15, -0.1) is 0 Å². The summed E-state index contributed by atoms with van der Waals surface area (Å²) < 4.78 is 14.3. The lowest BCUT2D eigenvalue weighted by atomic mass is 10.3. The monoisotopic (exact) mass is 177 g/mol. The molecule has 0 saturated heterocycles. The molecule has 0 aliphatic heterocycles. The Bertz CT molecular complexity index is 140. The maximum absolute atomic E-state index is 11.4. The molecular weight excluding hydrogens is 158 g/mol. The third-order valence-electron chi connectivity index (χ3n) is 1.48. The van der Waals surface area contributed by atoms with Crippen molar-refractivity contribution in [3.63, 3.8) is 0 Å². The quantitative estimate of drug-likeness (QED) is 0.700. The zero-order chi connectivity index (χ0) is 9.07. The van der Waals surface area contributed by atoms with Gasteiger partial charge in [0.2, 0.25) is 0 Å². The Morgan fingerprint density at radius 2 is 1.91 bits per heavy atom. The van der Waals surface area contributed by atoms with Crippen molar-refractivity contribution in [2.75, 3.05) is 0 Å². The summed E-state index contributed by atoms with van der Waals surface area (Å²) in [6.45, 7) is 10.0. The topological polar surface area (TPSA) is 29.1 Å². The SMILES string of the molecule is CC[C@H](C)NS(=O)C(C)(C)C. The molecule has 0 radical (unpaired) electrons. The van der Waals surface area contributed by atoms with Crippen LogP contribution in [0.15, 0.2) is 0 Å². The average molecular weight is 177 g/mol. The second-order valence-electron chi connectivity index (χ2n) is 3.81. The molecule has 2 nitrogen and oxygen atoms in total. The first-order valence-corrected chi connectivity index (χ1v) is 5.21. The van der Waals surface area contributed by atoms with Crippen LogP contribution < -0.4 is 4.72 Å². The Morgan fingerprint density at radius 3 is 2.18 bits per heavy atom. The van der Waals surface area contributed by atoms with Crippen molar-refractivity contribution in [1.29, 1.82) is 0 Å². The molecule has 0 bridgehead atoms. The van der Waals surface area contributed by atoms with E-state index >= 15 is 0 Å². The number of hydrogen-bond acceptors (Lipinski definition) is 1. The van der Waals surface area contributed by atoms with Crippen LogP contribution in [0.25, 0.3) is 0 Å². The highest BCUT2D eigenvalue weighted by atomic mass is 32.2. The average Bonchev–Trinajstić information content (AvgIpc) is 1.85. The molecule has 68 valence electrons. The maximum atomic E-state index is 11.4. The fourth-order valence-corrected chi connectivity index (χ4v) is 1.33. The highest BCUT2D eigenvalue weighted by Crippen LogP contribution is 2.09. The largest absolute Gasteiger partial charge is 0.242 e. The van der Waals surface area contributed by atoms with Crippen molar-refractivity contribution >= 4 is 11.0 Å². The zero-order valence-corrected chi connectivity index (χ0v) is 8.92. The third-order valence-corrected chi connectivity index (χ3v) is 3.21. The van der Waals surface area contributed by atoms with Crippen molar-refractivity contribution < 1.29 is 4.21 Å². The normalized spacial score (nSPS) is 17.9. The van der Waals surface area contributed by atoms with E-state index in [2.05, 4.69) is 11.6 Å². The smallest absolute Gasteiger partial charge is 0.0972 e. The lowest BCUT2D eigenvalue weighted by Crippen LogP contribution is -2.38. The highest BCUT2D eigenvalue weighted by Gasteiger charge is 2.20. The molecule has 0 amide bonds. The summed E-state index contributed by atoms with van der Waals surface area (Å²) in [5, 5.41) is 0. The van der Waals surface area contributed by atoms with Crippen LogP contribution in [0.5, 0.6) is 0 Å². The first-order valence-electron chi connectivity index (χ1n) is 4.06. The molecule has 11 heavy (non-hydrogen) atoms. The predicted molar refractivity (Wildman–Crippen MR) is 50.8 cm³/mol. The Kier molecular flexibility index (Phi) is 4.26. The first-order chi connectivity index (χ1) is 4.88. The van der Waals surface area contributed by atoms with Gasteiger partial charge in [0, 0.05) is 6.04 Å². The van der Waals surface area contributed by atoms with E-state index < -0.39 is 11.0 Å². The van der Waals surface area contributed by atoms with E-state index in [4.69, 9.17) is 0 Å². The summed E-state index contributed by atoms with van der Waals surface area (Å²) in [4.78, 5) is 0. The Balaban J connectivity index is 3.88. The maximum Gasteiger partial charge on any atom is 0.0972 e. The standard InChI is InChI=1S/C8H19NOS/c1-6-7(2)9-11(10)8(3,4)5/h7,9H,6H2,1-5H3/t7-,11?/m0/s1. The summed E-state index contributed by atoms with van der Waals surface area (Å²) in [6.07, 6.45) is 1.02. The van der Waals surface area contributed by atoms with Gasteiger partial charge in [0.05, 0.1) is 15.7 Å². The molecule has 0 saturated carbocycles. The van der Waals surface area contributed by atoms with Crippen LogP contribution in [-0.2, 0) is 11.0 Å². The van der Waals surface area contributed by atoms with Gasteiger partial charge in [-0.25, -0.2) is 8.93 Å². The molecule has 1 unspecified atom stereocenters. The molecule has 1 N–H and O–H groups in total. The minimum absolute atomic E-state index is 0.149. The summed E-state index contributed by atoms with van der Waals surface area (Å²) in [7, 11) is -0.917. The molecule has 3 heteroatoms. The van der Waals surface area contributed by atoms with Gasteiger partial charge in [-0.2, -0.15) is 0 Å². The predicted octanol–water partition coefficient (Wildman–Crippen LogP) is 1.84. The van der Waals surface area contributed by atoms with Crippen LogP contribution >= 0.6 is 0 Å². The Hall–Kier alpha value is 0.110. The van der Waals surface area contributed by atoms with E-state index in [0.717, 1.165) is 6.42 Å². The van der Waals surface area contributed by atoms with Crippen LogP contribution in [0.2, 0.25) is 0 Å². The summed E-state index contributed by atoms with van der Waals surface area (Å²) >= 11 is 0. The Labute approximate surface area is 72.4 Å². The van der Waals surface area contributed by atoms with Gasteiger partial charge < -0.3 is 0 Å². The van der Waals surface area contributed by atoms with Crippen LogP contribution in [-0.4, -0.2) is 15.0 Å². The minimum Gasteiger partial charge on any atom is -0.242 e. The summed E-state index contributed by atoms with van der Waals surface area (Å²) in [6, 6.07) is 0.343. The Morgan fingerprint density at radius 1 is 1.45 bits per heavy atom. The molecule has 0 aliphatic rings. The van der Waals surface area contributed by atoms with Crippen molar-refractivity contribution in [1.82, 2.24) is 4.72 Å². The molecule has 0 fully saturated rings. The van der Waals surface area contributed by atoms with Gasteiger partial charge in [-0.1, -0.05) is 6.92 Å². The second-order valence-corrected chi connectivity index (χ2v) is 5.81. The summed E-state index contributed by atoms with van der Waals surface area (Å²) in [5.74, 6) is 0. The van der Waals surface area contributed by atoms with E-state index in [1.807, 2.05) is 27.7 Å². The van der Waals surface area contributed by atoms with Crippen LogP contribution in [0.1, 0.15) is 41.0 Å². The molecule has 0 rings (SSSR count). The van der Waals surface area contributed by atoms with Crippen LogP contribution in [0.3, 0.4) is 0 Å². The van der Waals surface area contributed by atoms with Gasteiger partial charge >= 0.3 is 0 Å². The molecule has 0 spiro atoms. The van der Waals surface area contributed by atoms with E-state index in [1.54, 1.807) is 0 Å². The third kappa shape index (κ3) is 4.53. The van der Waals surface area contributed by atoms with Gasteiger partial charge in [-0.05, 0) is 34.1 Å². The summed E-state index contributed by atoms with van der Waals surface area (Å²) in [5.41, 5.74) is 0. The first kappa shape index (κ1) is 11.1. The molecule has 0 aromatic heterocycles. The molecular formula is C8H19NOS. The minimum atomic E-state index is -0.917. The van der Waals surface area contributed by atoms with E-state index in [1.165, 1.54) is 0 Å². The zero-order valence-electron chi connectivity index (χ0n) is 8.10. The van der Waals surface area contributed by atoms with Gasteiger partial charge in [0.1, 0.15) is 0 Å². The number of nitrogens with one attached hydrogen (secondary N) is 1. The van der Waals surface area contributed by atoms with Gasteiger partial charge in [-0.3, -0.25) is 0 Å². The van der Waals surface area contributed by atoms with Gasteiger partial charge in [0.25, 0.3) is 0 Å². The fraction of sp³-hybridized carbons (Fsp3) is 1.00. The molecule has 0 aromatic carbocycles. The van der Waals surface area contributed by atoms with Crippen molar-refractivity contribution in [2.45, 2.75) is 51.8 Å². The van der Waals surface area contributed by atoms with Crippen molar-refractivity contribution in [3.05, 3.63) is 0 Å². The second kappa shape index (κ2) is 4.21. The van der Waals surface area contributed by atoms with Crippen LogP contribution in [0, 0.1) is 0 Å².